The third-order valence-corrected chi connectivity index (χ3v) is 9.92. The number of rotatable bonds is 4. The smallest absolute Gasteiger partial charge is 0.423 e. The summed E-state index contributed by atoms with van der Waals surface area (Å²) in [6.07, 6.45) is 0.713. The van der Waals surface area contributed by atoms with Gasteiger partial charge in [0.2, 0.25) is 23.6 Å². The predicted octanol–water partition coefficient (Wildman–Crippen LogP) is 4.20. The highest BCUT2D eigenvalue weighted by molar-refractivity contribution is 6.31. The van der Waals surface area contributed by atoms with E-state index in [2.05, 4.69) is 0 Å². The van der Waals surface area contributed by atoms with Gasteiger partial charge in [-0.25, -0.2) is 14.1 Å². The summed E-state index contributed by atoms with van der Waals surface area (Å²) in [7, 11) is 3.85. The molecule has 6 atom stereocenters. The molecule has 2 aliphatic carbocycles. The summed E-state index contributed by atoms with van der Waals surface area (Å²) in [6, 6.07) is 6.40. The van der Waals surface area contributed by atoms with Crippen LogP contribution in [0.5, 0.6) is 17.2 Å². The molecule has 6 rings (SSSR count). The van der Waals surface area contributed by atoms with E-state index in [9.17, 15) is 33.5 Å². The summed E-state index contributed by atoms with van der Waals surface area (Å²) >= 11 is 6.02. The quantitative estimate of drug-likeness (QED) is 0.391. The van der Waals surface area contributed by atoms with Crippen molar-refractivity contribution in [2.75, 3.05) is 26.2 Å². The van der Waals surface area contributed by atoms with E-state index in [0.29, 0.717) is 10.5 Å². The largest absolute Gasteiger partial charge is 0.507 e. The van der Waals surface area contributed by atoms with Gasteiger partial charge in [0.15, 0.2) is 0 Å². The number of phenols is 1. The molecule has 0 aromatic heterocycles. The van der Waals surface area contributed by atoms with Gasteiger partial charge in [-0.1, -0.05) is 23.3 Å². The summed E-state index contributed by atoms with van der Waals surface area (Å²) in [4.78, 5) is 69.5. The van der Waals surface area contributed by atoms with E-state index >= 15 is 0 Å². The van der Waals surface area contributed by atoms with Crippen LogP contribution in [0.3, 0.4) is 0 Å². The van der Waals surface area contributed by atoms with Crippen LogP contribution < -0.4 is 14.4 Å². The molecule has 44 heavy (non-hydrogen) atoms. The van der Waals surface area contributed by atoms with Gasteiger partial charge >= 0.3 is 6.09 Å². The number of anilines is 1. The molecule has 11 nitrogen and oxygen atoms in total. The molecule has 0 bridgehead atoms. The van der Waals surface area contributed by atoms with Gasteiger partial charge in [0, 0.05) is 23.6 Å². The van der Waals surface area contributed by atoms with Crippen LogP contribution in [0.25, 0.3) is 0 Å². The number of carbonyl (C=O) groups excluding carboxylic acids is 5. The first-order chi connectivity index (χ1) is 20.9. The number of allylic oxidation sites excluding steroid dienone is 2. The molecule has 3 fully saturated rings. The Morgan fingerprint density at radius 3 is 2.39 bits per heavy atom. The highest BCUT2D eigenvalue weighted by atomic mass is 35.5. The number of carbonyl (C=O) groups is 5. The number of likely N-dealkylation sites (tertiary alicyclic amines) is 1. The van der Waals surface area contributed by atoms with Crippen molar-refractivity contribution in [3.8, 4) is 17.2 Å². The van der Waals surface area contributed by atoms with E-state index in [4.69, 9.17) is 25.8 Å². The Morgan fingerprint density at radius 1 is 1.02 bits per heavy atom. The first-order valence-electron chi connectivity index (χ1n) is 13.8. The van der Waals surface area contributed by atoms with E-state index in [1.165, 1.54) is 38.5 Å². The Hall–Kier alpha value is -4.45. The van der Waals surface area contributed by atoms with Crippen LogP contribution in [0, 0.1) is 34.9 Å². The van der Waals surface area contributed by atoms with E-state index in [0.717, 1.165) is 18.1 Å². The molecule has 2 aromatic carbocycles. The Balaban J connectivity index is 1.57. The van der Waals surface area contributed by atoms with Gasteiger partial charge in [-0.3, -0.25) is 19.2 Å². The van der Waals surface area contributed by atoms with Crippen LogP contribution in [-0.2, 0) is 23.9 Å². The molecular formula is C31H28ClFN2O9. The van der Waals surface area contributed by atoms with E-state index < -0.39 is 70.5 Å². The lowest BCUT2D eigenvalue weighted by atomic mass is 9.51. The van der Waals surface area contributed by atoms with Crippen LogP contribution in [0.2, 0.25) is 5.02 Å². The van der Waals surface area contributed by atoms with Crippen LogP contribution in [-0.4, -0.2) is 61.1 Å². The number of hydrogen-bond donors (Lipinski definition) is 1. The standard InChI is InChI=1S/C31H28ClFN2O9/c1-31-18(27(38)34(29(31)40)13-5-8-20(33)19(32)9-13)12-17-15(25(31)24-21(36)10-14(42-2)11-22(24)43-3)6-7-16-23(17)28(39)35(26(16)37)30(41)44-4/h5-6,8-11,16-18,23,25,36H,7,12H2,1-4H3. The fourth-order valence-corrected chi connectivity index (χ4v) is 7.80. The van der Waals surface area contributed by atoms with Gasteiger partial charge < -0.3 is 19.3 Å². The van der Waals surface area contributed by atoms with Gasteiger partial charge in [0.25, 0.3) is 0 Å². The average Bonchev–Trinajstić information content (AvgIpc) is 3.37. The Kier molecular flexibility index (Phi) is 6.95. The zero-order chi connectivity index (χ0) is 31.8. The van der Waals surface area contributed by atoms with E-state index in [1.807, 2.05) is 0 Å². The van der Waals surface area contributed by atoms with Crippen LogP contribution >= 0.6 is 11.6 Å². The molecule has 5 amide bonds. The van der Waals surface area contributed by atoms with Crippen molar-refractivity contribution in [1.29, 1.82) is 0 Å². The number of halogens is 2. The van der Waals surface area contributed by atoms with E-state index in [1.54, 1.807) is 13.0 Å². The van der Waals surface area contributed by atoms with Crippen molar-refractivity contribution in [2.45, 2.75) is 25.7 Å². The maximum Gasteiger partial charge on any atom is 0.423 e. The third-order valence-electron chi connectivity index (χ3n) is 9.63. The molecule has 2 saturated heterocycles. The predicted molar refractivity (Wildman–Crippen MR) is 151 cm³/mol. The number of nitrogens with zero attached hydrogens (tertiary/aromatic N) is 2. The van der Waals surface area contributed by atoms with Crippen molar-refractivity contribution in [1.82, 2.24) is 4.90 Å². The molecule has 230 valence electrons. The van der Waals surface area contributed by atoms with Gasteiger partial charge in [0.05, 0.1) is 55.2 Å². The summed E-state index contributed by atoms with van der Waals surface area (Å²) in [5.41, 5.74) is -0.723. The Bertz CT molecular complexity index is 1690. The Morgan fingerprint density at radius 2 is 1.75 bits per heavy atom. The van der Waals surface area contributed by atoms with Crippen LogP contribution in [0.4, 0.5) is 14.9 Å². The molecule has 0 spiro atoms. The lowest BCUT2D eigenvalue weighted by Crippen LogP contribution is -2.49. The maximum atomic E-state index is 14.5. The number of hydrogen-bond acceptors (Lipinski definition) is 9. The second kappa shape index (κ2) is 10.3. The molecule has 0 radical (unpaired) electrons. The first kappa shape index (κ1) is 29.6. The monoisotopic (exact) mass is 626 g/mol. The molecule has 2 aromatic rings. The maximum absolute atomic E-state index is 14.5. The van der Waals surface area contributed by atoms with Crippen molar-refractivity contribution in [3.05, 3.63) is 58.4 Å². The lowest BCUT2D eigenvalue weighted by molar-refractivity contribution is -0.138. The molecule has 4 aliphatic rings. The second-order valence-electron chi connectivity index (χ2n) is 11.5. The minimum Gasteiger partial charge on any atom is -0.507 e. The summed E-state index contributed by atoms with van der Waals surface area (Å²) < 4.78 is 29.7. The second-order valence-corrected chi connectivity index (χ2v) is 11.9. The molecule has 2 heterocycles. The van der Waals surface area contributed by atoms with Crippen molar-refractivity contribution in [3.63, 3.8) is 0 Å². The summed E-state index contributed by atoms with van der Waals surface area (Å²) in [5, 5.41) is 11.1. The van der Waals surface area contributed by atoms with E-state index in [-0.39, 0.29) is 46.4 Å². The highest BCUT2D eigenvalue weighted by Gasteiger charge is 2.68. The normalized spacial score (nSPS) is 29.2. The number of benzene rings is 2. The number of methoxy groups -OCH3 is 3. The Labute approximate surface area is 256 Å². The molecule has 2 aliphatic heterocycles. The van der Waals surface area contributed by atoms with Gasteiger partial charge in [-0.15, -0.1) is 0 Å². The average molecular weight is 627 g/mol. The van der Waals surface area contributed by atoms with Gasteiger partial charge in [0.1, 0.15) is 23.1 Å². The molecular weight excluding hydrogens is 599 g/mol. The van der Waals surface area contributed by atoms with Crippen LogP contribution in [0.15, 0.2) is 42.0 Å². The van der Waals surface area contributed by atoms with Crippen molar-refractivity contribution in [2.24, 2.45) is 29.1 Å². The SMILES string of the molecule is COC(=O)N1C(=O)C2CC=C3C(CC4C(=O)N(c5ccc(F)c(Cl)c5)C(=O)C4(C)C3c3c(O)cc(OC)cc3OC)C2C1=O. The molecule has 1 saturated carbocycles. The van der Waals surface area contributed by atoms with Crippen molar-refractivity contribution >= 4 is 47.0 Å². The zero-order valence-electron chi connectivity index (χ0n) is 24.1. The van der Waals surface area contributed by atoms with Gasteiger partial charge in [-0.2, -0.15) is 4.90 Å². The fourth-order valence-electron chi connectivity index (χ4n) is 7.63. The topological polar surface area (TPSA) is 140 Å². The number of ether oxygens (including phenoxy) is 3. The number of amides is 5. The molecule has 6 unspecified atom stereocenters. The number of aromatic hydroxyl groups is 1. The third kappa shape index (κ3) is 3.89. The first-order valence-corrected chi connectivity index (χ1v) is 14.2. The molecule has 13 heteroatoms. The molecule has 1 N–H and O–H groups in total. The number of phenolic OH excluding ortho intramolecular Hbond substituents is 1. The summed E-state index contributed by atoms with van der Waals surface area (Å²) in [5.74, 6) is -7.97. The summed E-state index contributed by atoms with van der Waals surface area (Å²) in [6.45, 7) is 1.61. The van der Waals surface area contributed by atoms with Gasteiger partial charge in [-0.05, 0) is 43.9 Å². The van der Waals surface area contributed by atoms with Crippen molar-refractivity contribution < 1.29 is 47.7 Å². The van der Waals surface area contributed by atoms with Crippen LogP contribution in [0.1, 0.15) is 31.2 Å². The highest BCUT2D eigenvalue weighted by Crippen LogP contribution is 2.65. The minimum atomic E-state index is -1.53. The fraction of sp³-hybridized carbons (Fsp3) is 0.387. The lowest BCUT2D eigenvalue weighted by Gasteiger charge is -2.49. The number of fused-ring (bicyclic) bond motifs is 4. The zero-order valence-corrected chi connectivity index (χ0v) is 24.9. The number of imide groups is 4. The minimum absolute atomic E-state index is 0.0106.